The van der Waals surface area contributed by atoms with Crippen molar-refractivity contribution in [2.24, 2.45) is 11.5 Å². The van der Waals surface area contributed by atoms with Gasteiger partial charge in [0.25, 0.3) is 5.66 Å². The number of hydrogen-bond donors (Lipinski definition) is 8. The molecule has 1 amide bonds. The molecule has 13 heteroatoms. The van der Waals surface area contributed by atoms with E-state index in [9.17, 15) is 24.6 Å². The first-order valence-electron chi connectivity index (χ1n) is 13.0. The molecule has 0 radical (unpaired) electrons. The SMILES string of the molecule is NC1=[NH+]C2[C@H](COC(=O)NCCCC(=O)c3ccc(C(=O)c4ccccc4)cc3)NC(N)=[N+]3CCC(O)(O)C23N1. The van der Waals surface area contributed by atoms with Crippen LogP contribution in [0.2, 0.25) is 0 Å². The van der Waals surface area contributed by atoms with Crippen molar-refractivity contribution in [3.63, 3.8) is 0 Å². The smallest absolute Gasteiger partial charge is 0.407 e. The summed E-state index contributed by atoms with van der Waals surface area (Å²) in [6.07, 6.45) is -0.0729. The van der Waals surface area contributed by atoms with Crippen LogP contribution in [0.15, 0.2) is 54.6 Å². The number of ketones is 2. The zero-order valence-corrected chi connectivity index (χ0v) is 21.7. The van der Waals surface area contributed by atoms with Crippen LogP contribution in [0.5, 0.6) is 0 Å². The minimum atomic E-state index is -2.14. The van der Waals surface area contributed by atoms with Gasteiger partial charge in [0.2, 0.25) is 5.79 Å². The van der Waals surface area contributed by atoms with Crippen LogP contribution in [-0.4, -0.2) is 87.6 Å². The Bertz CT molecular complexity index is 1380. The van der Waals surface area contributed by atoms with Gasteiger partial charge in [-0.3, -0.25) is 31.4 Å². The predicted molar refractivity (Wildman–Crippen MR) is 142 cm³/mol. The molecular weight excluding hydrogens is 518 g/mol. The summed E-state index contributed by atoms with van der Waals surface area (Å²) in [6, 6.07) is 14.1. The Morgan fingerprint density at radius 3 is 2.45 bits per heavy atom. The molecule has 210 valence electrons. The number of nitrogens with zero attached hydrogens (tertiary/aromatic N) is 1. The Morgan fingerprint density at radius 1 is 1.05 bits per heavy atom. The highest BCUT2D eigenvalue weighted by molar-refractivity contribution is 6.09. The van der Waals surface area contributed by atoms with E-state index >= 15 is 0 Å². The number of hydrogen-bond acceptors (Lipinski definition) is 10. The van der Waals surface area contributed by atoms with Gasteiger partial charge in [0.1, 0.15) is 12.6 Å². The van der Waals surface area contributed by atoms with Gasteiger partial charge in [-0.15, -0.1) is 0 Å². The molecule has 3 atom stereocenters. The van der Waals surface area contributed by atoms with Crippen molar-refractivity contribution in [1.82, 2.24) is 16.0 Å². The van der Waals surface area contributed by atoms with E-state index in [0.29, 0.717) is 23.1 Å². The van der Waals surface area contributed by atoms with Crippen molar-refractivity contribution in [2.45, 2.75) is 42.8 Å². The van der Waals surface area contributed by atoms with Crippen molar-refractivity contribution in [3.05, 3.63) is 71.3 Å². The Labute approximate surface area is 229 Å². The van der Waals surface area contributed by atoms with Crippen molar-refractivity contribution >= 4 is 29.6 Å². The van der Waals surface area contributed by atoms with E-state index in [0.717, 1.165) is 0 Å². The second-order valence-electron chi connectivity index (χ2n) is 10.1. The van der Waals surface area contributed by atoms with Crippen LogP contribution in [-0.2, 0) is 4.74 Å². The summed E-state index contributed by atoms with van der Waals surface area (Å²) in [5.74, 6) is -2.00. The van der Waals surface area contributed by atoms with Gasteiger partial charge in [-0.2, -0.15) is 0 Å². The fourth-order valence-electron chi connectivity index (χ4n) is 5.58. The molecule has 3 aliphatic rings. The summed E-state index contributed by atoms with van der Waals surface area (Å²) in [6.45, 7) is 0.352. The molecule has 0 saturated carbocycles. The fraction of sp³-hybridized carbons (Fsp3) is 0.370. The summed E-state index contributed by atoms with van der Waals surface area (Å²) in [5, 5.41) is 30.0. The summed E-state index contributed by atoms with van der Waals surface area (Å²) in [4.78, 5) is 40.4. The van der Waals surface area contributed by atoms with E-state index in [-0.39, 0.29) is 56.0 Å². The molecule has 13 nitrogen and oxygen atoms in total. The number of rotatable bonds is 9. The molecule has 2 aromatic carbocycles. The molecule has 5 rings (SSSR count). The standard InChI is InChI=1S/C27H31N7O6/c28-23-32-22-19(31-24(29)34-14-12-26(38,39)27(22,34)33-23)15-40-25(37)30-13-4-7-20(35)16-8-10-18(11-9-16)21(36)17-5-2-1-3-6-17/h1-3,5-6,8-11,19,22,38-39H,4,7,12-15H2,(H6,28,29,30,31,32,33,37)/p+2/t19-,22?,27?/m0/s1. The normalized spacial score (nSPS) is 24.2. The lowest BCUT2D eigenvalue weighted by atomic mass is 9.87. The van der Waals surface area contributed by atoms with E-state index in [1.165, 1.54) is 0 Å². The lowest BCUT2D eigenvalue weighted by Gasteiger charge is -2.40. The highest BCUT2D eigenvalue weighted by Crippen LogP contribution is 2.36. The van der Waals surface area contributed by atoms with Gasteiger partial charge in [0.05, 0.1) is 6.54 Å². The molecule has 40 heavy (non-hydrogen) atoms. The number of amides is 1. The number of guanidine groups is 2. The molecule has 1 fully saturated rings. The van der Waals surface area contributed by atoms with Crippen LogP contribution in [0.4, 0.5) is 4.79 Å². The molecule has 0 aromatic heterocycles. The number of aliphatic hydroxyl groups is 2. The van der Waals surface area contributed by atoms with Gasteiger partial charge in [-0.1, -0.05) is 54.6 Å². The molecular formula is C27H33N7O6+2. The minimum absolute atomic E-state index is 0.0383. The van der Waals surface area contributed by atoms with Crippen LogP contribution in [0, 0.1) is 0 Å². The average molecular weight is 552 g/mol. The second kappa shape index (κ2) is 10.6. The zero-order valence-electron chi connectivity index (χ0n) is 21.7. The van der Waals surface area contributed by atoms with Gasteiger partial charge in [-0.25, -0.2) is 14.7 Å². The van der Waals surface area contributed by atoms with Crippen LogP contribution in [0.3, 0.4) is 0 Å². The first-order chi connectivity index (χ1) is 19.1. The summed E-state index contributed by atoms with van der Waals surface area (Å²) in [5.41, 5.74) is 12.2. The van der Waals surface area contributed by atoms with E-state index in [2.05, 4.69) is 20.9 Å². The van der Waals surface area contributed by atoms with Gasteiger partial charge in [-0.05, 0) is 6.42 Å². The van der Waals surface area contributed by atoms with E-state index in [1.54, 1.807) is 53.1 Å². The third-order valence-electron chi connectivity index (χ3n) is 7.58. The Morgan fingerprint density at radius 2 is 1.73 bits per heavy atom. The second-order valence-corrected chi connectivity index (χ2v) is 10.1. The molecule has 2 aromatic rings. The number of ether oxygens (including phenoxy) is 1. The number of Topliss-reactive ketones (excluding diaryl/α,β-unsaturated/α-hetero) is 1. The molecule has 0 aliphatic carbocycles. The first-order valence-corrected chi connectivity index (χ1v) is 13.0. The highest BCUT2D eigenvalue weighted by atomic mass is 16.5. The molecule has 2 unspecified atom stereocenters. The molecule has 1 saturated heterocycles. The Hall–Kier alpha value is -4.49. The average Bonchev–Trinajstić information content (AvgIpc) is 3.45. The quantitative estimate of drug-likeness (QED) is 0.0688. The minimum Gasteiger partial charge on any atom is -0.446 e. The van der Waals surface area contributed by atoms with Crippen molar-refractivity contribution in [3.8, 4) is 0 Å². The molecule has 3 aliphatic heterocycles. The molecule has 10 N–H and O–H groups in total. The lowest BCUT2D eigenvalue weighted by molar-refractivity contribution is -0.674. The molecule has 3 heterocycles. The largest absolute Gasteiger partial charge is 0.446 e. The number of carbonyl (C=O) groups excluding carboxylic acids is 3. The van der Waals surface area contributed by atoms with E-state index < -0.39 is 29.6 Å². The summed E-state index contributed by atoms with van der Waals surface area (Å²) in [7, 11) is 0. The van der Waals surface area contributed by atoms with Crippen molar-refractivity contribution in [1.29, 1.82) is 0 Å². The van der Waals surface area contributed by atoms with Gasteiger partial charge in [0, 0.05) is 36.1 Å². The van der Waals surface area contributed by atoms with Crippen LogP contribution in [0.25, 0.3) is 0 Å². The van der Waals surface area contributed by atoms with Gasteiger partial charge < -0.3 is 20.3 Å². The topological polar surface area (TPSA) is 206 Å². The summed E-state index contributed by atoms with van der Waals surface area (Å²) < 4.78 is 6.96. The first kappa shape index (κ1) is 27.1. The number of nitrogens with two attached hydrogens (primary N) is 2. The number of nitrogens with one attached hydrogen (secondary N) is 4. The fourth-order valence-corrected chi connectivity index (χ4v) is 5.58. The zero-order chi connectivity index (χ0) is 28.5. The van der Waals surface area contributed by atoms with E-state index in [1.807, 2.05) is 6.07 Å². The monoisotopic (exact) mass is 551 g/mol. The van der Waals surface area contributed by atoms with Crippen LogP contribution >= 0.6 is 0 Å². The Balaban J connectivity index is 1.08. The van der Waals surface area contributed by atoms with Crippen molar-refractivity contribution < 1.29 is 38.9 Å². The third-order valence-corrected chi connectivity index (χ3v) is 7.58. The molecule has 1 spiro atoms. The maximum atomic E-state index is 12.6. The number of benzene rings is 2. The Kier molecular flexibility index (Phi) is 7.17. The maximum absolute atomic E-state index is 12.6. The summed E-state index contributed by atoms with van der Waals surface area (Å²) >= 11 is 0. The number of alkyl carbamates (subject to hydrolysis) is 1. The van der Waals surface area contributed by atoms with E-state index in [4.69, 9.17) is 16.2 Å². The van der Waals surface area contributed by atoms with Crippen LogP contribution in [0.1, 0.15) is 45.5 Å². The van der Waals surface area contributed by atoms with Crippen LogP contribution < -0.4 is 32.4 Å². The highest BCUT2D eigenvalue weighted by Gasteiger charge is 2.74. The van der Waals surface area contributed by atoms with Gasteiger partial charge in [0.15, 0.2) is 17.6 Å². The molecule has 0 bridgehead atoms. The lowest BCUT2D eigenvalue weighted by Crippen LogP contribution is -2.91. The predicted octanol–water partition coefficient (Wildman–Crippen LogP) is -2.95. The van der Waals surface area contributed by atoms with Crippen molar-refractivity contribution in [2.75, 3.05) is 19.7 Å². The maximum Gasteiger partial charge on any atom is 0.407 e. The third kappa shape index (κ3) is 4.84. The number of carbonyl (C=O) groups is 3. The van der Waals surface area contributed by atoms with Gasteiger partial charge >= 0.3 is 18.0 Å².